The highest BCUT2D eigenvalue weighted by molar-refractivity contribution is 9.10. The Bertz CT molecular complexity index is 416. The normalized spacial score (nSPS) is 10.2. The summed E-state index contributed by atoms with van der Waals surface area (Å²) in [6, 6.07) is 10.1. The molecule has 0 N–H and O–H groups in total. The summed E-state index contributed by atoms with van der Waals surface area (Å²) in [7, 11) is 0. The highest BCUT2D eigenvalue weighted by atomic mass is 79.9. The number of aromatic nitrogens is 2. The van der Waals surface area contributed by atoms with Gasteiger partial charge in [0.05, 0.1) is 0 Å². The molecule has 1 heterocycles. The summed E-state index contributed by atoms with van der Waals surface area (Å²) in [5.41, 5.74) is 1.27. The Morgan fingerprint density at radius 2 is 1.73 bits per heavy atom. The summed E-state index contributed by atoms with van der Waals surface area (Å²) in [5.74, 6) is 0.900. The van der Waals surface area contributed by atoms with Crippen LogP contribution < -0.4 is 0 Å². The number of thioether (sulfide) groups is 1. The van der Waals surface area contributed by atoms with Gasteiger partial charge in [-0.15, -0.1) is 0 Å². The van der Waals surface area contributed by atoms with Crippen LogP contribution in [0.4, 0.5) is 0 Å². The van der Waals surface area contributed by atoms with Gasteiger partial charge in [-0.1, -0.05) is 39.8 Å². The minimum Gasteiger partial charge on any atom is -0.231 e. The van der Waals surface area contributed by atoms with Crippen molar-refractivity contribution in [1.29, 1.82) is 0 Å². The van der Waals surface area contributed by atoms with E-state index in [0.29, 0.717) is 0 Å². The summed E-state index contributed by atoms with van der Waals surface area (Å²) in [6.07, 6.45) is 3.52. The van der Waals surface area contributed by atoms with Crippen LogP contribution in [0, 0.1) is 0 Å². The molecule has 4 heteroatoms. The van der Waals surface area contributed by atoms with Crippen molar-refractivity contribution in [3.05, 3.63) is 52.8 Å². The fourth-order valence-electron chi connectivity index (χ4n) is 1.09. The van der Waals surface area contributed by atoms with Crippen LogP contribution in [0.1, 0.15) is 5.56 Å². The minimum absolute atomic E-state index is 0.820. The fraction of sp³-hybridized carbons (Fsp3) is 0.0909. The molecule has 1 aromatic carbocycles. The molecule has 2 nitrogen and oxygen atoms in total. The lowest BCUT2D eigenvalue weighted by molar-refractivity contribution is 0.966. The summed E-state index contributed by atoms with van der Waals surface area (Å²) in [4.78, 5) is 8.31. The molecule has 76 valence electrons. The molecule has 0 unspecified atom stereocenters. The average molecular weight is 281 g/mol. The van der Waals surface area contributed by atoms with Gasteiger partial charge in [0.25, 0.3) is 0 Å². The van der Waals surface area contributed by atoms with Crippen molar-refractivity contribution in [2.45, 2.75) is 10.9 Å². The lowest BCUT2D eigenvalue weighted by Crippen LogP contribution is -1.85. The molecule has 0 radical (unpaired) electrons. The van der Waals surface area contributed by atoms with Crippen LogP contribution in [0.2, 0.25) is 0 Å². The second-order valence-electron chi connectivity index (χ2n) is 2.95. The molecular formula is C11H9BrN2S. The number of halogens is 1. The first-order valence-corrected chi connectivity index (χ1v) is 6.27. The van der Waals surface area contributed by atoms with E-state index in [0.717, 1.165) is 15.4 Å². The monoisotopic (exact) mass is 280 g/mol. The zero-order valence-corrected chi connectivity index (χ0v) is 10.3. The molecule has 15 heavy (non-hydrogen) atoms. The second-order valence-corrected chi connectivity index (χ2v) is 4.80. The van der Waals surface area contributed by atoms with Crippen LogP contribution in [-0.2, 0) is 5.75 Å². The van der Waals surface area contributed by atoms with Gasteiger partial charge in [-0.25, -0.2) is 9.97 Å². The third-order valence-corrected chi connectivity index (χ3v) is 3.30. The number of hydrogen-bond acceptors (Lipinski definition) is 3. The Hall–Kier alpha value is -0.870. The molecule has 0 spiro atoms. The Kier molecular flexibility index (Phi) is 3.75. The Labute approximate surface area is 101 Å². The number of rotatable bonds is 3. The number of benzene rings is 1. The van der Waals surface area contributed by atoms with Gasteiger partial charge < -0.3 is 0 Å². The summed E-state index contributed by atoms with van der Waals surface area (Å²) < 4.78 is 1.10. The zero-order chi connectivity index (χ0) is 10.5. The Morgan fingerprint density at radius 1 is 1.07 bits per heavy atom. The van der Waals surface area contributed by atoms with Crippen LogP contribution in [0.25, 0.3) is 0 Å². The van der Waals surface area contributed by atoms with Crippen LogP contribution in [-0.4, -0.2) is 9.97 Å². The Morgan fingerprint density at radius 3 is 2.40 bits per heavy atom. The molecule has 2 rings (SSSR count). The molecule has 0 aliphatic rings. The summed E-state index contributed by atoms with van der Waals surface area (Å²) >= 11 is 5.05. The molecule has 2 aromatic rings. The third-order valence-electron chi connectivity index (χ3n) is 1.82. The summed E-state index contributed by atoms with van der Waals surface area (Å²) in [6.45, 7) is 0. The highest BCUT2D eigenvalue weighted by Crippen LogP contribution is 2.19. The largest absolute Gasteiger partial charge is 0.231 e. The van der Waals surface area contributed by atoms with Crippen LogP contribution in [0.5, 0.6) is 0 Å². The van der Waals surface area contributed by atoms with Crippen molar-refractivity contribution < 1.29 is 0 Å². The molecule has 0 amide bonds. The first-order valence-electron chi connectivity index (χ1n) is 4.49. The van der Waals surface area contributed by atoms with Gasteiger partial charge in [-0.2, -0.15) is 0 Å². The van der Waals surface area contributed by atoms with E-state index >= 15 is 0 Å². The molecule has 1 aromatic heterocycles. The van der Waals surface area contributed by atoms with E-state index in [1.165, 1.54) is 5.56 Å². The third kappa shape index (κ3) is 3.32. The van der Waals surface area contributed by atoms with Gasteiger partial charge in [0, 0.05) is 22.6 Å². The first-order chi connectivity index (χ1) is 7.34. The predicted octanol–water partition coefficient (Wildman–Crippen LogP) is 3.53. The lowest BCUT2D eigenvalue weighted by atomic mass is 10.2. The van der Waals surface area contributed by atoms with Crippen molar-refractivity contribution in [3.63, 3.8) is 0 Å². The van der Waals surface area contributed by atoms with Gasteiger partial charge in [-0.05, 0) is 23.8 Å². The second kappa shape index (κ2) is 5.28. The average Bonchev–Trinajstić information content (AvgIpc) is 2.30. The molecule has 0 saturated heterocycles. The predicted molar refractivity (Wildman–Crippen MR) is 65.7 cm³/mol. The molecule has 0 atom stereocenters. The van der Waals surface area contributed by atoms with E-state index < -0.39 is 0 Å². The SMILES string of the molecule is Brc1ccc(CSc2ncccn2)cc1. The maximum Gasteiger partial charge on any atom is 0.187 e. The quantitative estimate of drug-likeness (QED) is 0.635. The smallest absolute Gasteiger partial charge is 0.187 e. The first kappa shape index (κ1) is 10.6. The van der Waals surface area contributed by atoms with Crippen LogP contribution in [0.15, 0.2) is 52.4 Å². The maximum atomic E-state index is 4.15. The fourth-order valence-corrected chi connectivity index (χ4v) is 2.11. The zero-order valence-electron chi connectivity index (χ0n) is 7.93. The van der Waals surface area contributed by atoms with Gasteiger partial charge >= 0.3 is 0 Å². The van der Waals surface area contributed by atoms with Crippen LogP contribution in [0.3, 0.4) is 0 Å². The van der Waals surface area contributed by atoms with E-state index in [-0.39, 0.29) is 0 Å². The van der Waals surface area contributed by atoms with Gasteiger partial charge in [0.15, 0.2) is 5.16 Å². The standard InChI is InChI=1S/C11H9BrN2S/c12-10-4-2-9(3-5-10)8-15-11-13-6-1-7-14-11/h1-7H,8H2. The number of nitrogens with zero attached hydrogens (tertiary/aromatic N) is 2. The van der Waals surface area contributed by atoms with Gasteiger partial charge in [0.1, 0.15) is 0 Å². The molecule has 0 bridgehead atoms. The highest BCUT2D eigenvalue weighted by Gasteiger charge is 1.97. The van der Waals surface area contributed by atoms with Crippen molar-refractivity contribution >= 4 is 27.7 Å². The lowest BCUT2D eigenvalue weighted by Gasteiger charge is -2.00. The van der Waals surface area contributed by atoms with Crippen LogP contribution >= 0.6 is 27.7 Å². The van der Waals surface area contributed by atoms with E-state index in [1.807, 2.05) is 18.2 Å². The molecule has 0 aliphatic carbocycles. The topological polar surface area (TPSA) is 25.8 Å². The summed E-state index contributed by atoms with van der Waals surface area (Å²) in [5, 5.41) is 0.820. The minimum atomic E-state index is 0.820. The molecular weight excluding hydrogens is 272 g/mol. The van der Waals surface area contributed by atoms with Gasteiger partial charge in [-0.3, -0.25) is 0 Å². The molecule has 0 fully saturated rings. The Balaban J connectivity index is 1.96. The van der Waals surface area contributed by atoms with Crippen molar-refractivity contribution in [1.82, 2.24) is 9.97 Å². The van der Waals surface area contributed by atoms with Crippen molar-refractivity contribution in [3.8, 4) is 0 Å². The number of hydrogen-bond donors (Lipinski definition) is 0. The van der Waals surface area contributed by atoms with E-state index in [9.17, 15) is 0 Å². The molecule has 0 saturated carbocycles. The van der Waals surface area contributed by atoms with E-state index in [2.05, 4.69) is 38.0 Å². The van der Waals surface area contributed by atoms with E-state index in [1.54, 1.807) is 24.2 Å². The maximum absolute atomic E-state index is 4.15. The van der Waals surface area contributed by atoms with Crippen molar-refractivity contribution in [2.24, 2.45) is 0 Å². The molecule has 0 aliphatic heterocycles. The van der Waals surface area contributed by atoms with Gasteiger partial charge in [0.2, 0.25) is 0 Å². The van der Waals surface area contributed by atoms with Crippen molar-refractivity contribution in [2.75, 3.05) is 0 Å². The van der Waals surface area contributed by atoms with E-state index in [4.69, 9.17) is 0 Å².